The highest BCUT2D eigenvalue weighted by atomic mass is 16.2. The second-order valence-electron chi connectivity index (χ2n) is 6.33. The second kappa shape index (κ2) is 6.59. The first kappa shape index (κ1) is 16.1. The molecule has 0 aliphatic carbocycles. The Kier molecular flexibility index (Phi) is 3.80. The number of aromatic nitrogens is 5. The molecule has 0 fully saturated rings. The first-order valence-corrected chi connectivity index (χ1v) is 8.83. The van der Waals surface area contributed by atoms with Gasteiger partial charge in [-0.2, -0.15) is 5.10 Å². The van der Waals surface area contributed by atoms with E-state index in [1.54, 1.807) is 23.1 Å². The number of hydrogen-bond donors (Lipinski definition) is 0. The molecule has 0 amide bonds. The number of fused-ring (bicyclic) bond motifs is 1. The zero-order chi connectivity index (χ0) is 18.9. The van der Waals surface area contributed by atoms with Gasteiger partial charge in [-0.05, 0) is 6.07 Å². The quantitative estimate of drug-likeness (QED) is 0.486. The number of rotatable bonds is 3. The lowest BCUT2D eigenvalue weighted by molar-refractivity contribution is 0.0961. The minimum absolute atomic E-state index is 0.218. The average molecular weight is 365 g/mol. The van der Waals surface area contributed by atoms with Crippen LogP contribution in [-0.2, 0) is 0 Å². The number of hydrogen-bond acceptors (Lipinski definition) is 4. The van der Waals surface area contributed by atoms with E-state index >= 15 is 0 Å². The lowest BCUT2D eigenvalue weighted by atomic mass is 10.1. The van der Waals surface area contributed by atoms with Crippen LogP contribution >= 0.6 is 0 Å². The molecule has 0 saturated carbocycles. The average Bonchev–Trinajstić information content (AvgIpc) is 3.44. The van der Waals surface area contributed by atoms with Gasteiger partial charge in [-0.25, -0.2) is 14.5 Å². The fraction of sp³-hybridized carbons (Fsp3) is 0. The fourth-order valence-electron chi connectivity index (χ4n) is 3.20. The minimum Gasteiger partial charge on any atom is -0.272 e. The van der Waals surface area contributed by atoms with E-state index in [0.717, 1.165) is 22.5 Å². The normalized spacial score (nSPS) is 11.0. The molecule has 28 heavy (non-hydrogen) atoms. The van der Waals surface area contributed by atoms with Crippen LogP contribution in [0, 0.1) is 0 Å². The van der Waals surface area contributed by atoms with Crippen molar-refractivity contribution in [3.63, 3.8) is 0 Å². The molecule has 0 spiro atoms. The standard InChI is InChI=1S/C22H15N5O/c28-22(26-12-11-23-15-26)18-14-24-27-20(17-9-5-2-6-10-17)13-19(25-21(18)27)16-7-3-1-4-8-16/h1-15H. The summed E-state index contributed by atoms with van der Waals surface area (Å²) in [6.45, 7) is 0. The highest BCUT2D eigenvalue weighted by Crippen LogP contribution is 2.27. The molecule has 3 heterocycles. The summed E-state index contributed by atoms with van der Waals surface area (Å²) in [5.74, 6) is -0.218. The number of imidazole rings is 1. The largest absolute Gasteiger partial charge is 0.272 e. The molecule has 0 bridgehead atoms. The summed E-state index contributed by atoms with van der Waals surface area (Å²) < 4.78 is 3.14. The van der Waals surface area contributed by atoms with Gasteiger partial charge in [0, 0.05) is 23.5 Å². The van der Waals surface area contributed by atoms with Crippen LogP contribution in [0.15, 0.2) is 91.6 Å². The Hall–Kier alpha value is -4.06. The zero-order valence-corrected chi connectivity index (χ0v) is 14.8. The molecule has 0 aliphatic rings. The third kappa shape index (κ3) is 2.68. The van der Waals surface area contributed by atoms with Gasteiger partial charge in [-0.3, -0.25) is 9.36 Å². The lowest BCUT2D eigenvalue weighted by Crippen LogP contribution is -2.10. The number of nitrogens with zero attached hydrogens (tertiary/aromatic N) is 5. The van der Waals surface area contributed by atoms with Crippen LogP contribution in [0.3, 0.4) is 0 Å². The molecule has 6 nitrogen and oxygen atoms in total. The van der Waals surface area contributed by atoms with Gasteiger partial charge in [0.2, 0.25) is 0 Å². The SMILES string of the molecule is O=C(c1cnn2c(-c3ccccc3)cc(-c3ccccc3)nc12)n1ccnc1. The second-order valence-corrected chi connectivity index (χ2v) is 6.33. The van der Waals surface area contributed by atoms with E-state index in [9.17, 15) is 4.79 Å². The van der Waals surface area contributed by atoms with Crippen molar-refractivity contribution in [3.8, 4) is 22.5 Å². The number of benzene rings is 2. The maximum Gasteiger partial charge on any atom is 0.268 e. The molecule has 5 rings (SSSR count). The maximum absolute atomic E-state index is 12.9. The molecule has 134 valence electrons. The van der Waals surface area contributed by atoms with Gasteiger partial charge in [0.15, 0.2) is 5.65 Å². The molecular formula is C22H15N5O. The fourth-order valence-corrected chi connectivity index (χ4v) is 3.20. The van der Waals surface area contributed by atoms with Gasteiger partial charge in [0.1, 0.15) is 11.9 Å². The summed E-state index contributed by atoms with van der Waals surface area (Å²) in [5, 5.41) is 4.46. The van der Waals surface area contributed by atoms with E-state index < -0.39 is 0 Å². The number of carbonyl (C=O) groups excluding carboxylic acids is 1. The Balaban J connectivity index is 1.78. The van der Waals surface area contributed by atoms with Crippen LogP contribution in [0.1, 0.15) is 10.4 Å². The van der Waals surface area contributed by atoms with E-state index in [1.165, 1.54) is 10.9 Å². The Bertz CT molecular complexity index is 1260. The van der Waals surface area contributed by atoms with Crippen molar-refractivity contribution in [1.82, 2.24) is 24.1 Å². The van der Waals surface area contributed by atoms with Crippen molar-refractivity contribution in [2.75, 3.05) is 0 Å². The molecule has 3 aromatic heterocycles. The van der Waals surface area contributed by atoms with Crippen molar-refractivity contribution in [2.45, 2.75) is 0 Å². The minimum atomic E-state index is -0.218. The van der Waals surface area contributed by atoms with E-state index in [2.05, 4.69) is 10.1 Å². The molecule has 0 unspecified atom stereocenters. The Morgan fingerprint density at radius 3 is 2.29 bits per heavy atom. The topological polar surface area (TPSA) is 65.1 Å². The van der Waals surface area contributed by atoms with Crippen molar-refractivity contribution < 1.29 is 4.79 Å². The van der Waals surface area contributed by atoms with Gasteiger partial charge >= 0.3 is 0 Å². The van der Waals surface area contributed by atoms with Crippen LogP contribution < -0.4 is 0 Å². The van der Waals surface area contributed by atoms with Gasteiger partial charge in [0.25, 0.3) is 5.91 Å². The van der Waals surface area contributed by atoms with Gasteiger partial charge in [0.05, 0.1) is 17.6 Å². The van der Waals surface area contributed by atoms with Crippen molar-refractivity contribution >= 4 is 11.6 Å². The molecule has 5 aromatic rings. The van der Waals surface area contributed by atoms with Crippen molar-refractivity contribution in [2.24, 2.45) is 0 Å². The third-order valence-corrected chi connectivity index (χ3v) is 4.58. The summed E-state index contributed by atoms with van der Waals surface area (Å²) in [6.07, 6.45) is 6.23. The maximum atomic E-state index is 12.9. The van der Waals surface area contributed by atoms with E-state index in [-0.39, 0.29) is 5.91 Å². The predicted octanol–water partition coefficient (Wildman–Crippen LogP) is 3.95. The summed E-state index contributed by atoms with van der Waals surface area (Å²) in [7, 11) is 0. The summed E-state index contributed by atoms with van der Waals surface area (Å²) in [4.78, 5) is 21.6. The molecular weight excluding hydrogens is 350 g/mol. The Morgan fingerprint density at radius 2 is 1.61 bits per heavy atom. The smallest absolute Gasteiger partial charge is 0.268 e. The van der Waals surface area contributed by atoms with Crippen molar-refractivity contribution in [1.29, 1.82) is 0 Å². The molecule has 0 aliphatic heterocycles. The lowest BCUT2D eigenvalue weighted by Gasteiger charge is -2.09. The van der Waals surface area contributed by atoms with E-state index in [1.807, 2.05) is 66.7 Å². The predicted molar refractivity (Wildman–Crippen MR) is 106 cm³/mol. The van der Waals surface area contributed by atoms with E-state index in [4.69, 9.17) is 4.98 Å². The van der Waals surface area contributed by atoms with Crippen LogP contribution in [0.2, 0.25) is 0 Å². The Morgan fingerprint density at radius 1 is 0.893 bits per heavy atom. The molecule has 0 saturated heterocycles. The van der Waals surface area contributed by atoms with Gasteiger partial charge < -0.3 is 0 Å². The molecule has 0 radical (unpaired) electrons. The summed E-state index contributed by atoms with van der Waals surface area (Å²) in [6, 6.07) is 21.9. The third-order valence-electron chi connectivity index (χ3n) is 4.58. The zero-order valence-electron chi connectivity index (χ0n) is 14.8. The summed E-state index contributed by atoms with van der Waals surface area (Å²) in [5.41, 5.74) is 4.56. The van der Waals surface area contributed by atoms with Crippen molar-refractivity contribution in [3.05, 3.63) is 97.2 Å². The highest BCUT2D eigenvalue weighted by Gasteiger charge is 2.19. The van der Waals surface area contributed by atoms with Gasteiger partial charge in [-0.1, -0.05) is 60.7 Å². The molecule has 2 aromatic carbocycles. The first-order chi connectivity index (χ1) is 13.8. The van der Waals surface area contributed by atoms with E-state index in [0.29, 0.717) is 11.2 Å². The van der Waals surface area contributed by atoms with Crippen LogP contribution in [0.25, 0.3) is 28.2 Å². The van der Waals surface area contributed by atoms with Crippen LogP contribution in [0.4, 0.5) is 0 Å². The number of carbonyl (C=O) groups is 1. The highest BCUT2D eigenvalue weighted by molar-refractivity contribution is 6.01. The molecule has 0 N–H and O–H groups in total. The first-order valence-electron chi connectivity index (χ1n) is 8.83. The molecule has 0 atom stereocenters. The van der Waals surface area contributed by atoms with Gasteiger partial charge in [-0.15, -0.1) is 0 Å². The molecule has 6 heteroatoms. The Labute approximate surface area is 160 Å². The summed E-state index contributed by atoms with van der Waals surface area (Å²) >= 11 is 0. The monoisotopic (exact) mass is 365 g/mol. The van der Waals surface area contributed by atoms with Crippen LogP contribution in [0.5, 0.6) is 0 Å². The van der Waals surface area contributed by atoms with Crippen LogP contribution in [-0.4, -0.2) is 30.1 Å².